The molecule has 0 aromatic heterocycles. The SMILES string of the molecule is C1=C2C(CCC1)CCNC2N1CCCCC1. The highest BCUT2D eigenvalue weighted by Crippen LogP contribution is 2.34. The maximum Gasteiger partial charge on any atom is 0.0822 e. The van der Waals surface area contributed by atoms with E-state index in [4.69, 9.17) is 0 Å². The summed E-state index contributed by atoms with van der Waals surface area (Å²) >= 11 is 0. The summed E-state index contributed by atoms with van der Waals surface area (Å²) in [4.78, 5) is 2.69. The lowest BCUT2D eigenvalue weighted by atomic mass is 9.81. The van der Waals surface area contributed by atoms with E-state index in [0.29, 0.717) is 6.17 Å². The first-order valence-electron chi connectivity index (χ1n) is 7.12. The molecule has 2 fully saturated rings. The molecule has 0 saturated carbocycles. The van der Waals surface area contributed by atoms with E-state index in [2.05, 4.69) is 16.3 Å². The van der Waals surface area contributed by atoms with Gasteiger partial charge in [-0.2, -0.15) is 0 Å². The minimum Gasteiger partial charge on any atom is -0.298 e. The van der Waals surface area contributed by atoms with E-state index < -0.39 is 0 Å². The third kappa shape index (κ3) is 2.05. The second kappa shape index (κ2) is 4.89. The molecule has 0 spiro atoms. The van der Waals surface area contributed by atoms with Crippen molar-refractivity contribution in [2.24, 2.45) is 5.92 Å². The average molecular weight is 220 g/mol. The second-order valence-corrected chi connectivity index (χ2v) is 5.57. The van der Waals surface area contributed by atoms with Gasteiger partial charge in [0.15, 0.2) is 0 Å². The first-order valence-corrected chi connectivity index (χ1v) is 7.12. The first-order chi connectivity index (χ1) is 7.95. The van der Waals surface area contributed by atoms with Gasteiger partial charge in [-0.1, -0.05) is 12.5 Å². The number of likely N-dealkylation sites (tertiary alicyclic amines) is 1. The molecule has 2 heteroatoms. The molecule has 0 aromatic carbocycles. The Kier molecular flexibility index (Phi) is 3.30. The number of nitrogens with one attached hydrogen (secondary N) is 1. The summed E-state index contributed by atoms with van der Waals surface area (Å²) in [6.45, 7) is 3.84. The molecule has 2 aliphatic heterocycles. The molecule has 2 atom stereocenters. The van der Waals surface area contributed by atoms with E-state index in [1.165, 1.54) is 64.6 Å². The van der Waals surface area contributed by atoms with Gasteiger partial charge in [0.25, 0.3) is 0 Å². The van der Waals surface area contributed by atoms with Crippen LogP contribution in [-0.2, 0) is 0 Å². The van der Waals surface area contributed by atoms with Crippen LogP contribution in [0.5, 0.6) is 0 Å². The molecule has 3 aliphatic rings. The number of nitrogens with zero attached hydrogens (tertiary/aromatic N) is 1. The van der Waals surface area contributed by atoms with E-state index in [9.17, 15) is 0 Å². The Bertz CT molecular complexity index is 266. The third-order valence-corrected chi connectivity index (χ3v) is 4.51. The smallest absolute Gasteiger partial charge is 0.0822 e. The lowest BCUT2D eigenvalue weighted by molar-refractivity contribution is 0.132. The molecule has 90 valence electrons. The fourth-order valence-corrected chi connectivity index (χ4v) is 3.64. The third-order valence-electron chi connectivity index (χ3n) is 4.51. The minimum atomic E-state index is 0.597. The van der Waals surface area contributed by atoms with Crippen molar-refractivity contribution in [3.8, 4) is 0 Å². The predicted molar refractivity (Wildman–Crippen MR) is 67.3 cm³/mol. The standard InChI is InChI=1S/C14H24N2/c1-4-10-16(11-5-1)14-13-7-3-2-6-12(13)8-9-15-14/h7,12,14-15H,1-6,8-11H2. The maximum atomic E-state index is 3.75. The van der Waals surface area contributed by atoms with Gasteiger partial charge in [0.1, 0.15) is 0 Å². The molecule has 0 aromatic rings. The lowest BCUT2D eigenvalue weighted by Gasteiger charge is -2.43. The van der Waals surface area contributed by atoms with Crippen LogP contribution in [0.15, 0.2) is 11.6 Å². The Labute approximate surface area is 99.1 Å². The summed E-state index contributed by atoms with van der Waals surface area (Å²) in [5.74, 6) is 0.905. The van der Waals surface area contributed by atoms with Crippen molar-refractivity contribution in [3.05, 3.63) is 11.6 Å². The number of allylic oxidation sites excluding steroid dienone is 1. The highest BCUT2D eigenvalue weighted by molar-refractivity contribution is 5.19. The van der Waals surface area contributed by atoms with Crippen LogP contribution in [0, 0.1) is 5.92 Å². The van der Waals surface area contributed by atoms with Crippen LogP contribution >= 0.6 is 0 Å². The molecule has 2 unspecified atom stereocenters. The average Bonchev–Trinajstić information content (AvgIpc) is 2.39. The van der Waals surface area contributed by atoms with Gasteiger partial charge in [-0.25, -0.2) is 0 Å². The Morgan fingerprint density at radius 1 is 1.06 bits per heavy atom. The number of hydrogen-bond acceptors (Lipinski definition) is 2. The normalized spacial score (nSPS) is 36.6. The Balaban J connectivity index is 1.74. The highest BCUT2D eigenvalue weighted by Gasteiger charge is 2.32. The van der Waals surface area contributed by atoms with Gasteiger partial charge in [-0.05, 0) is 69.7 Å². The Hall–Kier alpha value is -0.340. The fourth-order valence-electron chi connectivity index (χ4n) is 3.64. The number of fused-ring (bicyclic) bond motifs is 1. The van der Waals surface area contributed by atoms with E-state index in [1.807, 2.05) is 0 Å². The van der Waals surface area contributed by atoms with Crippen LogP contribution in [0.3, 0.4) is 0 Å². The maximum absolute atomic E-state index is 3.75. The summed E-state index contributed by atoms with van der Waals surface area (Å²) in [6, 6.07) is 0. The quantitative estimate of drug-likeness (QED) is 0.683. The molecule has 1 aliphatic carbocycles. The molecule has 3 rings (SSSR count). The van der Waals surface area contributed by atoms with Crippen molar-refractivity contribution in [1.82, 2.24) is 10.2 Å². The molecule has 1 N–H and O–H groups in total. The molecule has 0 bridgehead atoms. The lowest BCUT2D eigenvalue weighted by Crippen LogP contribution is -2.53. The molecular formula is C14H24N2. The van der Waals surface area contributed by atoms with Crippen molar-refractivity contribution in [1.29, 1.82) is 0 Å². The van der Waals surface area contributed by atoms with Gasteiger partial charge < -0.3 is 0 Å². The summed E-state index contributed by atoms with van der Waals surface area (Å²) in [5.41, 5.74) is 1.74. The minimum absolute atomic E-state index is 0.597. The molecule has 2 nitrogen and oxygen atoms in total. The second-order valence-electron chi connectivity index (χ2n) is 5.57. The zero-order valence-corrected chi connectivity index (χ0v) is 10.3. The number of rotatable bonds is 1. The van der Waals surface area contributed by atoms with Crippen molar-refractivity contribution >= 4 is 0 Å². The van der Waals surface area contributed by atoms with Crippen LogP contribution in [0.25, 0.3) is 0 Å². The van der Waals surface area contributed by atoms with Crippen molar-refractivity contribution in [2.45, 2.75) is 51.1 Å². The zero-order valence-electron chi connectivity index (χ0n) is 10.3. The Morgan fingerprint density at radius 2 is 1.94 bits per heavy atom. The van der Waals surface area contributed by atoms with Crippen molar-refractivity contribution in [3.63, 3.8) is 0 Å². The topological polar surface area (TPSA) is 15.3 Å². The molecular weight excluding hydrogens is 196 g/mol. The summed E-state index contributed by atoms with van der Waals surface area (Å²) < 4.78 is 0. The molecule has 2 heterocycles. The summed E-state index contributed by atoms with van der Waals surface area (Å²) in [6.07, 6.45) is 12.9. The number of piperidine rings is 2. The van der Waals surface area contributed by atoms with Gasteiger partial charge in [0, 0.05) is 0 Å². The van der Waals surface area contributed by atoms with E-state index in [-0.39, 0.29) is 0 Å². The van der Waals surface area contributed by atoms with Gasteiger partial charge in [-0.15, -0.1) is 0 Å². The van der Waals surface area contributed by atoms with Crippen molar-refractivity contribution < 1.29 is 0 Å². The van der Waals surface area contributed by atoms with E-state index >= 15 is 0 Å². The zero-order chi connectivity index (χ0) is 10.8. The van der Waals surface area contributed by atoms with Crippen LogP contribution in [-0.4, -0.2) is 30.7 Å². The van der Waals surface area contributed by atoms with Crippen LogP contribution < -0.4 is 5.32 Å². The van der Waals surface area contributed by atoms with Gasteiger partial charge in [0.2, 0.25) is 0 Å². The molecule has 16 heavy (non-hydrogen) atoms. The summed E-state index contributed by atoms with van der Waals surface area (Å²) in [7, 11) is 0. The predicted octanol–water partition coefficient (Wildman–Crippen LogP) is 2.52. The molecule has 0 radical (unpaired) electrons. The van der Waals surface area contributed by atoms with Gasteiger partial charge in [-0.3, -0.25) is 10.2 Å². The van der Waals surface area contributed by atoms with Crippen LogP contribution in [0.2, 0.25) is 0 Å². The van der Waals surface area contributed by atoms with E-state index in [1.54, 1.807) is 5.57 Å². The Morgan fingerprint density at radius 3 is 2.81 bits per heavy atom. The van der Waals surface area contributed by atoms with Gasteiger partial charge in [0.05, 0.1) is 6.17 Å². The van der Waals surface area contributed by atoms with E-state index in [0.717, 1.165) is 5.92 Å². The molecule has 0 amide bonds. The first kappa shape index (κ1) is 10.8. The fraction of sp³-hybridized carbons (Fsp3) is 0.857. The largest absolute Gasteiger partial charge is 0.298 e. The molecule has 2 saturated heterocycles. The summed E-state index contributed by atoms with van der Waals surface area (Å²) in [5, 5.41) is 3.75. The number of hydrogen-bond donors (Lipinski definition) is 1. The van der Waals surface area contributed by atoms with Crippen LogP contribution in [0.4, 0.5) is 0 Å². The van der Waals surface area contributed by atoms with Crippen LogP contribution in [0.1, 0.15) is 44.9 Å². The van der Waals surface area contributed by atoms with Crippen molar-refractivity contribution in [2.75, 3.05) is 19.6 Å². The van der Waals surface area contributed by atoms with Gasteiger partial charge >= 0.3 is 0 Å². The highest BCUT2D eigenvalue weighted by atomic mass is 15.3. The monoisotopic (exact) mass is 220 g/mol.